The summed E-state index contributed by atoms with van der Waals surface area (Å²) in [6.07, 6.45) is 0.896. The van der Waals surface area contributed by atoms with Crippen LogP contribution in [0.2, 0.25) is 0 Å². The predicted octanol–water partition coefficient (Wildman–Crippen LogP) is 4.80. The summed E-state index contributed by atoms with van der Waals surface area (Å²) in [5.41, 5.74) is 5.90. The normalized spacial score (nSPS) is 13.4. The Labute approximate surface area is 176 Å². The number of aryl methyl sites for hydroxylation is 2. The van der Waals surface area contributed by atoms with E-state index in [9.17, 15) is 15.2 Å². The molecule has 5 rings (SSSR count). The van der Waals surface area contributed by atoms with Crippen LogP contribution in [0.5, 0.6) is 5.75 Å². The van der Waals surface area contributed by atoms with Gasteiger partial charge in [-0.25, -0.2) is 9.67 Å². The third-order valence-electron chi connectivity index (χ3n) is 5.39. The van der Waals surface area contributed by atoms with E-state index in [1.54, 1.807) is 6.07 Å². The molecule has 0 unspecified atom stereocenters. The number of pyridine rings is 1. The number of rotatable bonds is 3. The van der Waals surface area contributed by atoms with E-state index in [0.717, 1.165) is 45.9 Å². The molecule has 0 radical (unpaired) electrons. The molecule has 1 aliphatic rings. The van der Waals surface area contributed by atoms with Crippen LogP contribution >= 0.6 is 11.8 Å². The van der Waals surface area contributed by atoms with Gasteiger partial charge in [0.25, 0.3) is 0 Å². The Balaban J connectivity index is 1.83. The number of nitro benzene ring substituents is 1. The molecule has 30 heavy (non-hydrogen) atoms. The first-order chi connectivity index (χ1) is 14.5. The Morgan fingerprint density at radius 3 is 2.73 bits per heavy atom. The van der Waals surface area contributed by atoms with Crippen LogP contribution in [0.3, 0.4) is 0 Å². The lowest BCUT2D eigenvalue weighted by Crippen LogP contribution is -2.08. The van der Waals surface area contributed by atoms with Crippen LogP contribution < -0.4 is 0 Å². The number of nitro groups is 1. The van der Waals surface area contributed by atoms with Crippen molar-refractivity contribution in [2.45, 2.75) is 19.1 Å². The highest BCUT2D eigenvalue weighted by atomic mass is 32.2. The van der Waals surface area contributed by atoms with Crippen LogP contribution in [0.15, 0.2) is 48.5 Å². The molecule has 3 heterocycles. The second-order valence-corrected chi connectivity index (χ2v) is 8.32. The van der Waals surface area contributed by atoms with Crippen molar-refractivity contribution in [1.29, 1.82) is 0 Å². The summed E-state index contributed by atoms with van der Waals surface area (Å²) in [5, 5.41) is 27.1. The van der Waals surface area contributed by atoms with Crippen molar-refractivity contribution in [2.75, 3.05) is 5.75 Å². The lowest BCUT2D eigenvalue weighted by atomic mass is 9.96. The predicted molar refractivity (Wildman–Crippen MR) is 117 cm³/mol. The minimum Gasteiger partial charge on any atom is -0.502 e. The zero-order valence-corrected chi connectivity index (χ0v) is 17.0. The molecule has 0 saturated heterocycles. The molecule has 2 aromatic carbocycles. The largest absolute Gasteiger partial charge is 0.502 e. The van der Waals surface area contributed by atoms with Crippen LogP contribution in [0, 0.1) is 17.0 Å². The molecule has 0 amide bonds. The van der Waals surface area contributed by atoms with Gasteiger partial charge in [-0.15, -0.1) is 0 Å². The highest BCUT2D eigenvalue weighted by molar-refractivity contribution is 7.98. The van der Waals surface area contributed by atoms with Gasteiger partial charge in [0.2, 0.25) is 0 Å². The molecule has 0 spiro atoms. The molecular weight excluding hydrogens is 400 g/mol. The Bertz CT molecular complexity index is 1300. The van der Waals surface area contributed by atoms with Crippen LogP contribution in [-0.2, 0) is 12.2 Å². The number of nitrogens with zero attached hydrogens (tertiary/aromatic N) is 4. The summed E-state index contributed by atoms with van der Waals surface area (Å²) in [6.45, 7) is 2.00. The second kappa shape index (κ2) is 7.14. The Kier molecular flexibility index (Phi) is 4.43. The van der Waals surface area contributed by atoms with E-state index >= 15 is 0 Å². The Morgan fingerprint density at radius 1 is 1.17 bits per heavy atom. The van der Waals surface area contributed by atoms with Gasteiger partial charge in [-0.05, 0) is 54.5 Å². The first-order valence-corrected chi connectivity index (χ1v) is 10.7. The molecule has 0 fully saturated rings. The third kappa shape index (κ3) is 2.91. The van der Waals surface area contributed by atoms with Gasteiger partial charge in [-0.3, -0.25) is 10.1 Å². The quantitative estimate of drug-likeness (QED) is 0.379. The monoisotopic (exact) mass is 418 g/mol. The fourth-order valence-electron chi connectivity index (χ4n) is 4.02. The summed E-state index contributed by atoms with van der Waals surface area (Å²) in [6, 6.07) is 14.3. The summed E-state index contributed by atoms with van der Waals surface area (Å²) in [7, 11) is 0. The number of phenolic OH excluding ortho intramolecular Hbond substituents is 1. The molecule has 0 bridgehead atoms. The van der Waals surface area contributed by atoms with E-state index in [0.29, 0.717) is 11.3 Å². The minimum absolute atomic E-state index is 0.320. The van der Waals surface area contributed by atoms with Crippen molar-refractivity contribution in [2.24, 2.45) is 0 Å². The zero-order valence-electron chi connectivity index (χ0n) is 16.2. The van der Waals surface area contributed by atoms with E-state index < -0.39 is 4.92 Å². The number of fused-ring (bicyclic) bond motifs is 3. The average molecular weight is 418 g/mol. The molecule has 8 heteroatoms. The second-order valence-electron chi connectivity index (χ2n) is 7.21. The molecule has 4 aromatic rings. The lowest BCUT2D eigenvalue weighted by molar-refractivity contribution is -0.385. The van der Waals surface area contributed by atoms with Gasteiger partial charge in [0.15, 0.2) is 11.4 Å². The van der Waals surface area contributed by atoms with Crippen molar-refractivity contribution in [3.05, 3.63) is 75.5 Å². The standard InChI is InChI=1S/C22H18N4O3S/c1-13-20-16-9-10-30-12-17(16)21(14-7-8-19(27)18(11-14)26(28)29)23-22(20)25(24-13)15-5-3-2-4-6-15/h2-8,11,27H,9-10,12H2,1H3. The van der Waals surface area contributed by atoms with E-state index in [1.807, 2.05) is 53.7 Å². The third-order valence-corrected chi connectivity index (χ3v) is 6.38. The van der Waals surface area contributed by atoms with E-state index in [2.05, 4.69) is 0 Å². The number of phenols is 1. The average Bonchev–Trinajstić information content (AvgIpc) is 3.10. The minimum atomic E-state index is -0.572. The van der Waals surface area contributed by atoms with Gasteiger partial charge in [0, 0.05) is 22.8 Å². The summed E-state index contributed by atoms with van der Waals surface area (Å²) in [4.78, 5) is 15.8. The lowest BCUT2D eigenvalue weighted by Gasteiger charge is -2.20. The van der Waals surface area contributed by atoms with Crippen LogP contribution in [0.25, 0.3) is 28.0 Å². The number of aromatic nitrogens is 3. The smallest absolute Gasteiger partial charge is 0.311 e. The van der Waals surface area contributed by atoms with Gasteiger partial charge in [-0.2, -0.15) is 16.9 Å². The fourth-order valence-corrected chi connectivity index (χ4v) is 5.03. The topological polar surface area (TPSA) is 94.1 Å². The number of para-hydroxylation sites is 1. The van der Waals surface area contributed by atoms with Crippen LogP contribution in [-0.4, -0.2) is 30.5 Å². The number of thioether (sulfide) groups is 1. The number of hydrogen-bond acceptors (Lipinski definition) is 6. The highest BCUT2D eigenvalue weighted by Gasteiger charge is 2.25. The molecule has 0 saturated carbocycles. The van der Waals surface area contributed by atoms with Crippen molar-refractivity contribution < 1.29 is 10.0 Å². The van der Waals surface area contributed by atoms with Crippen molar-refractivity contribution in [1.82, 2.24) is 14.8 Å². The van der Waals surface area contributed by atoms with Gasteiger partial charge in [0.1, 0.15) is 0 Å². The van der Waals surface area contributed by atoms with Gasteiger partial charge in [0.05, 0.1) is 22.0 Å². The first kappa shape index (κ1) is 18.6. The number of aromatic hydroxyl groups is 1. The van der Waals surface area contributed by atoms with E-state index in [1.165, 1.54) is 17.7 Å². The maximum Gasteiger partial charge on any atom is 0.311 e. The summed E-state index contributed by atoms with van der Waals surface area (Å²) < 4.78 is 1.84. The summed E-state index contributed by atoms with van der Waals surface area (Å²) in [5.74, 6) is 1.45. The molecule has 150 valence electrons. The molecular formula is C22H18N4O3S. The van der Waals surface area contributed by atoms with Crippen molar-refractivity contribution in [3.8, 4) is 22.7 Å². The van der Waals surface area contributed by atoms with Gasteiger partial charge < -0.3 is 5.11 Å². The fraction of sp³-hybridized carbons (Fsp3) is 0.182. The van der Waals surface area contributed by atoms with Crippen LogP contribution in [0.1, 0.15) is 16.8 Å². The maximum atomic E-state index is 11.4. The SMILES string of the molecule is Cc1nn(-c2ccccc2)c2nc(-c3ccc(O)c([N+](=O)[O-])c3)c3c(c12)CCSC3. The Morgan fingerprint density at radius 2 is 1.97 bits per heavy atom. The van der Waals surface area contributed by atoms with Crippen LogP contribution in [0.4, 0.5) is 5.69 Å². The maximum absolute atomic E-state index is 11.4. The van der Waals surface area contributed by atoms with Crippen molar-refractivity contribution in [3.63, 3.8) is 0 Å². The number of benzene rings is 2. The first-order valence-electron chi connectivity index (χ1n) is 9.56. The molecule has 2 aromatic heterocycles. The molecule has 7 nitrogen and oxygen atoms in total. The van der Waals surface area contributed by atoms with E-state index in [4.69, 9.17) is 10.1 Å². The highest BCUT2D eigenvalue weighted by Crippen LogP contribution is 2.40. The Hall–Kier alpha value is -3.39. The molecule has 0 atom stereocenters. The zero-order chi connectivity index (χ0) is 20.8. The summed E-state index contributed by atoms with van der Waals surface area (Å²) >= 11 is 1.83. The van der Waals surface area contributed by atoms with Gasteiger partial charge >= 0.3 is 5.69 Å². The molecule has 1 N–H and O–H groups in total. The van der Waals surface area contributed by atoms with Crippen molar-refractivity contribution >= 4 is 28.5 Å². The molecule has 0 aliphatic carbocycles. The van der Waals surface area contributed by atoms with E-state index in [-0.39, 0.29) is 11.4 Å². The molecule has 1 aliphatic heterocycles. The van der Waals surface area contributed by atoms with Gasteiger partial charge in [-0.1, -0.05) is 18.2 Å². The number of hydrogen-bond donors (Lipinski definition) is 1.